The number of carbonyl (C=O) groups is 3. The summed E-state index contributed by atoms with van der Waals surface area (Å²) in [7, 11) is -1.30. The second-order valence-corrected chi connectivity index (χ2v) is 9.02. The summed E-state index contributed by atoms with van der Waals surface area (Å²) in [4.78, 5) is 36.1. The zero-order valence-electron chi connectivity index (χ0n) is 17.4. The minimum atomic E-state index is -3.89. The van der Waals surface area contributed by atoms with Gasteiger partial charge in [-0.3, -0.25) is 19.6 Å². The van der Waals surface area contributed by atoms with E-state index in [4.69, 9.17) is 4.74 Å². The molecule has 3 aromatic rings. The third-order valence-corrected chi connectivity index (χ3v) is 6.51. The highest BCUT2D eigenvalue weighted by Gasteiger charge is 2.19. The fourth-order valence-corrected chi connectivity index (χ4v) is 4.49. The van der Waals surface area contributed by atoms with Crippen molar-refractivity contribution in [2.24, 2.45) is 0 Å². The van der Waals surface area contributed by atoms with E-state index in [1.807, 2.05) is 5.32 Å². The zero-order valence-corrected chi connectivity index (χ0v) is 19.1. The Morgan fingerprint density at radius 1 is 0.939 bits per heavy atom. The van der Waals surface area contributed by atoms with Crippen molar-refractivity contribution in [3.05, 3.63) is 71.1 Å². The molecule has 0 atom stereocenters. The Bertz CT molecular complexity index is 1290. The van der Waals surface area contributed by atoms with Crippen LogP contribution >= 0.6 is 11.3 Å². The summed E-state index contributed by atoms with van der Waals surface area (Å²) < 4.78 is 37.1. The summed E-state index contributed by atoms with van der Waals surface area (Å²) in [5.74, 6) is -0.796. The predicted octanol–water partition coefficient (Wildman–Crippen LogP) is 3.31. The van der Waals surface area contributed by atoms with Crippen LogP contribution in [-0.2, 0) is 14.8 Å². The van der Waals surface area contributed by atoms with E-state index in [0.29, 0.717) is 5.75 Å². The number of benzene rings is 2. The van der Waals surface area contributed by atoms with Gasteiger partial charge < -0.3 is 14.8 Å². The standard InChI is InChI=1S/C21H19N3O7S2/c1-30-15-6-8-16(9-7-15)33(28,29)24-14-5-3-4-13(12-14)18(25)22-20-17(10-11-32-20)19(26)23-21(27)31-2/h3-12,24H,1-2H3,(H,22,25)(H,23,26,27). The maximum atomic E-state index is 12.7. The third kappa shape index (κ3) is 5.87. The summed E-state index contributed by atoms with van der Waals surface area (Å²) in [5.41, 5.74) is 0.404. The average molecular weight is 490 g/mol. The quantitative estimate of drug-likeness (QED) is 0.462. The van der Waals surface area contributed by atoms with Gasteiger partial charge in [0.25, 0.3) is 21.8 Å². The van der Waals surface area contributed by atoms with Crippen LogP contribution in [0.4, 0.5) is 15.5 Å². The fraction of sp³-hybridized carbons (Fsp3) is 0.0952. The highest BCUT2D eigenvalue weighted by atomic mass is 32.2. The van der Waals surface area contributed by atoms with Crippen molar-refractivity contribution in [1.82, 2.24) is 5.32 Å². The van der Waals surface area contributed by atoms with Gasteiger partial charge >= 0.3 is 6.09 Å². The Morgan fingerprint density at radius 3 is 2.33 bits per heavy atom. The van der Waals surface area contributed by atoms with E-state index in [-0.39, 0.29) is 26.7 Å². The lowest BCUT2D eigenvalue weighted by atomic mass is 10.2. The van der Waals surface area contributed by atoms with Gasteiger partial charge in [-0.15, -0.1) is 11.3 Å². The van der Waals surface area contributed by atoms with Gasteiger partial charge in [-0.25, -0.2) is 13.2 Å². The van der Waals surface area contributed by atoms with Crippen molar-refractivity contribution in [3.63, 3.8) is 0 Å². The summed E-state index contributed by atoms with van der Waals surface area (Å²) in [6.45, 7) is 0. The summed E-state index contributed by atoms with van der Waals surface area (Å²) in [5, 5.41) is 6.39. The van der Waals surface area contributed by atoms with E-state index in [2.05, 4.69) is 14.8 Å². The summed E-state index contributed by atoms with van der Waals surface area (Å²) in [6.07, 6.45) is -0.930. The minimum Gasteiger partial charge on any atom is -0.497 e. The second kappa shape index (κ2) is 10.1. The van der Waals surface area contributed by atoms with Crippen molar-refractivity contribution in [3.8, 4) is 5.75 Å². The van der Waals surface area contributed by atoms with Crippen LogP contribution in [0.25, 0.3) is 0 Å². The number of sulfonamides is 1. The largest absolute Gasteiger partial charge is 0.497 e. The Morgan fingerprint density at radius 2 is 1.67 bits per heavy atom. The molecule has 3 amide bonds. The molecule has 33 heavy (non-hydrogen) atoms. The van der Waals surface area contributed by atoms with Crippen LogP contribution in [0.3, 0.4) is 0 Å². The number of amides is 3. The number of nitrogens with one attached hydrogen (secondary N) is 3. The molecular formula is C21H19N3O7S2. The monoisotopic (exact) mass is 489 g/mol. The van der Waals surface area contributed by atoms with Crippen LogP contribution in [0.1, 0.15) is 20.7 Å². The molecule has 0 fully saturated rings. The normalized spacial score (nSPS) is 10.7. The molecular weight excluding hydrogens is 470 g/mol. The van der Waals surface area contributed by atoms with E-state index in [1.54, 1.807) is 5.38 Å². The minimum absolute atomic E-state index is 0.0259. The zero-order chi connectivity index (χ0) is 24.0. The summed E-state index contributed by atoms with van der Waals surface area (Å²) in [6, 6.07) is 13.1. The molecule has 3 N–H and O–H groups in total. The first-order chi connectivity index (χ1) is 15.7. The second-order valence-electron chi connectivity index (χ2n) is 6.43. The number of thiophene rings is 1. The smallest absolute Gasteiger partial charge is 0.413 e. The maximum absolute atomic E-state index is 12.7. The summed E-state index contributed by atoms with van der Waals surface area (Å²) >= 11 is 1.08. The molecule has 1 aromatic heterocycles. The van der Waals surface area contributed by atoms with Crippen molar-refractivity contribution in [1.29, 1.82) is 0 Å². The van der Waals surface area contributed by atoms with Gasteiger partial charge in [0.2, 0.25) is 0 Å². The number of hydrogen-bond donors (Lipinski definition) is 3. The van der Waals surface area contributed by atoms with Gasteiger partial charge in [0.15, 0.2) is 0 Å². The van der Waals surface area contributed by atoms with Gasteiger partial charge in [0.1, 0.15) is 10.8 Å². The Balaban J connectivity index is 1.75. The average Bonchev–Trinajstić information content (AvgIpc) is 3.27. The van der Waals surface area contributed by atoms with E-state index in [1.165, 1.54) is 61.7 Å². The maximum Gasteiger partial charge on any atom is 0.413 e. The number of hydrogen-bond acceptors (Lipinski definition) is 8. The van der Waals surface area contributed by atoms with Crippen LogP contribution < -0.4 is 20.1 Å². The molecule has 0 bridgehead atoms. The molecule has 12 heteroatoms. The number of rotatable bonds is 7. The highest BCUT2D eigenvalue weighted by molar-refractivity contribution is 7.92. The lowest BCUT2D eigenvalue weighted by Crippen LogP contribution is -2.30. The molecule has 10 nitrogen and oxygen atoms in total. The van der Waals surface area contributed by atoms with Gasteiger partial charge in [0, 0.05) is 11.3 Å². The number of anilines is 2. The first kappa shape index (κ1) is 23.8. The van der Waals surface area contributed by atoms with E-state index >= 15 is 0 Å². The molecule has 0 aliphatic carbocycles. The molecule has 0 saturated carbocycles. The van der Waals surface area contributed by atoms with Crippen LogP contribution in [-0.4, -0.2) is 40.5 Å². The van der Waals surface area contributed by atoms with Crippen molar-refractivity contribution < 1.29 is 32.3 Å². The van der Waals surface area contributed by atoms with Crippen LogP contribution in [0.2, 0.25) is 0 Å². The molecule has 0 radical (unpaired) electrons. The number of imide groups is 1. The molecule has 0 spiro atoms. The lowest BCUT2D eigenvalue weighted by molar-refractivity contribution is 0.0938. The van der Waals surface area contributed by atoms with Gasteiger partial charge in [0.05, 0.1) is 24.7 Å². The van der Waals surface area contributed by atoms with E-state index in [9.17, 15) is 22.8 Å². The SMILES string of the molecule is COC(=O)NC(=O)c1ccsc1NC(=O)c1cccc(NS(=O)(=O)c2ccc(OC)cc2)c1. The van der Waals surface area contributed by atoms with Gasteiger partial charge in [-0.05, 0) is 53.9 Å². The Kier molecular flexibility index (Phi) is 7.30. The molecule has 2 aromatic carbocycles. The number of methoxy groups -OCH3 is 2. The topological polar surface area (TPSA) is 140 Å². The van der Waals surface area contributed by atoms with Crippen LogP contribution in [0, 0.1) is 0 Å². The third-order valence-electron chi connectivity index (χ3n) is 4.28. The first-order valence-electron chi connectivity index (χ1n) is 9.28. The number of carbonyl (C=O) groups excluding carboxylic acids is 3. The van der Waals surface area contributed by atoms with Crippen molar-refractivity contribution >= 4 is 50.0 Å². The van der Waals surface area contributed by atoms with E-state index in [0.717, 1.165) is 18.4 Å². The fourth-order valence-electron chi connectivity index (χ4n) is 2.66. The molecule has 3 rings (SSSR count). The number of alkyl carbamates (subject to hydrolysis) is 1. The Hall–Kier alpha value is -3.90. The lowest BCUT2D eigenvalue weighted by Gasteiger charge is -2.11. The van der Waals surface area contributed by atoms with Gasteiger partial charge in [-0.2, -0.15) is 0 Å². The van der Waals surface area contributed by atoms with Crippen molar-refractivity contribution in [2.75, 3.05) is 24.3 Å². The molecule has 172 valence electrons. The molecule has 0 unspecified atom stereocenters. The molecule has 0 saturated heterocycles. The molecule has 0 aliphatic rings. The van der Waals surface area contributed by atoms with Gasteiger partial charge in [-0.1, -0.05) is 6.07 Å². The van der Waals surface area contributed by atoms with E-state index < -0.39 is 27.9 Å². The van der Waals surface area contributed by atoms with Crippen molar-refractivity contribution in [2.45, 2.75) is 4.90 Å². The molecule has 1 heterocycles. The predicted molar refractivity (Wildman–Crippen MR) is 122 cm³/mol. The highest BCUT2D eigenvalue weighted by Crippen LogP contribution is 2.25. The Labute approximate surface area is 193 Å². The van der Waals surface area contributed by atoms with Crippen LogP contribution in [0.15, 0.2) is 64.9 Å². The molecule has 0 aliphatic heterocycles. The van der Waals surface area contributed by atoms with Crippen LogP contribution in [0.5, 0.6) is 5.75 Å². The first-order valence-corrected chi connectivity index (χ1v) is 11.6. The number of ether oxygens (including phenoxy) is 2.